The number of carbonyl (C=O) groups excluding carboxylic acids is 3. The van der Waals surface area contributed by atoms with Crippen LogP contribution in [0.1, 0.15) is 32.1 Å². The molecule has 0 aromatic heterocycles. The van der Waals surface area contributed by atoms with Crippen LogP contribution in [-0.2, 0) is 24.3 Å². The summed E-state index contributed by atoms with van der Waals surface area (Å²) in [6, 6.07) is -2.17. The van der Waals surface area contributed by atoms with E-state index in [1.807, 2.05) is 0 Å². The molecule has 3 aliphatic rings. The third-order valence-electron chi connectivity index (χ3n) is 4.72. The smallest absolute Gasteiger partial charge is 0.313 e. The van der Waals surface area contributed by atoms with Gasteiger partial charge >= 0.3 is 16.4 Å². The quantitative estimate of drug-likeness (QED) is 0.318. The number of urea groups is 1. The van der Waals surface area contributed by atoms with Gasteiger partial charge in [0.05, 0.1) is 6.04 Å². The van der Waals surface area contributed by atoms with Crippen LogP contribution in [0.4, 0.5) is 4.79 Å². The number of amides is 4. The molecule has 13 heteroatoms. The van der Waals surface area contributed by atoms with E-state index >= 15 is 0 Å². The summed E-state index contributed by atoms with van der Waals surface area (Å²) in [7, 11) is -4.83. The Morgan fingerprint density at radius 3 is 2.69 bits per heavy atom. The molecule has 0 aromatic rings. The molecule has 2 bridgehead atoms. The van der Waals surface area contributed by atoms with Crippen LogP contribution in [-0.4, -0.2) is 72.0 Å². The molecular formula is C13H21N5O7S. The van der Waals surface area contributed by atoms with E-state index in [0.717, 1.165) is 24.3 Å². The predicted molar refractivity (Wildman–Crippen MR) is 85.3 cm³/mol. The van der Waals surface area contributed by atoms with Crippen molar-refractivity contribution in [2.45, 2.75) is 50.2 Å². The minimum atomic E-state index is -4.83. The lowest BCUT2D eigenvalue weighted by Crippen LogP contribution is -2.54. The summed E-state index contributed by atoms with van der Waals surface area (Å²) < 4.78 is 34.7. The number of hydroxylamine groups is 2. The number of hydrogen-bond acceptors (Lipinski definition) is 7. The minimum Gasteiger partial charge on any atom is -0.313 e. The maximum absolute atomic E-state index is 12.3. The summed E-state index contributed by atoms with van der Waals surface area (Å²) in [4.78, 5) is 37.5. The van der Waals surface area contributed by atoms with Gasteiger partial charge < -0.3 is 10.2 Å². The Balaban J connectivity index is 1.52. The summed E-state index contributed by atoms with van der Waals surface area (Å²) >= 11 is 0. The van der Waals surface area contributed by atoms with Crippen LogP contribution in [0.3, 0.4) is 0 Å². The SMILES string of the molecule is O=C(CC1CCCN1)NNC(=O)[C@@H]1CC[C@@H]2CN1C(=O)N2OS(=O)(=O)O. The molecule has 3 saturated heterocycles. The fraction of sp³-hybridized carbons (Fsp3) is 0.769. The van der Waals surface area contributed by atoms with Gasteiger partial charge in [-0.05, 0) is 32.2 Å². The second kappa shape index (κ2) is 7.34. The van der Waals surface area contributed by atoms with Crippen molar-refractivity contribution in [3.63, 3.8) is 0 Å². The molecule has 26 heavy (non-hydrogen) atoms. The summed E-state index contributed by atoms with van der Waals surface area (Å²) in [5, 5.41) is 3.74. The number of hydrogen-bond donors (Lipinski definition) is 4. The molecule has 12 nitrogen and oxygen atoms in total. The number of nitrogens with zero attached hydrogens (tertiary/aromatic N) is 2. The standard InChI is InChI=1S/C13H21N5O7S/c19-11(6-8-2-1-5-14-8)15-16-12(20)10-4-3-9-7-17(10)13(21)18(9)25-26(22,23)24/h8-10,14H,1-7H2,(H,15,19)(H,16,20)(H,22,23,24)/t8?,9-,10+/m1/s1. The normalized spacial score (nSPS) is 28.3. The molecule has 3 aliphatic heterocycles. The number of carbonyl (C=O) groups is 3. The lowest BCUT2D eigenvalue weighted by Gasteiger charge is -2.29. The van der Waals surface area contributed by atoms with Crippen LogP contribution in [0, 0.1) is 0 Å². The van der Waals surface area contributed by atoms with E-state index in [4.69, 9.17) is 4.55 Å². The highest BCUT2D eigenvalue weighted by atomic mass is 32.3. The van der Waals surface area contributed by atoms with Gasteiger partial charge in [0.2, 0.25) is 5.91 Å². The Morgan fingerprint density at radius 1 is 1.27 bits per heavy atom. The van der Waals surface area contributed by atoms with E-state index in [9.17, 15) is 22.8 Å². The molecular weight excluding hydrogens is 370 g/mol. The van der Waals surface area contributed by atoms with Crippen LogP contribution in [0.2, 0.25) is 0 Å². The first-order valence-corrected chi connectivity index (χ1v) is 9.70. The van der Waals surface area contributed by atoms with Gasteiger partial charge in [-0.2, -0.15) is 13.5 Å². The number of rotatable bonds is 5. The molecule has 0 saturated carbocycles. The molecule has 0 aliphatic carbocycles. The third kappa shape index (κ3) is 4.23. The van der Waals surface area contributed by atoms with E-state index < -0.39 is 34.4 Å². The second-order valence-electron chi connectivity index (χ2n) is 6.54. The van der Waals surface area contributed by atoms with Crippen molar-refractivity contribution in [2.24, 2.45) is 0 Å². The predicted octanol–water partition coefficient (Wildman–Crippen LogP) is -1.72. The first kappa shape index (κ1) is 18.8. The summed E-state index contributed by atoms with van der Waals surface area (Å²) in [5.41, 5.74) is 4.64. The lowest BCUT2D eigenvalue weighted by atomic mass is 10.0. The van der Waals surface area contributed by atoms with Crippen molar-refractivity contribution in [2.75, 3.05) is 13.1 Å². The molecule has 146 valence electrons. The van der Waals surface area contributed by atoms with Crippen molar-refractivity contribution in [1.82, 2.24) is 26.1 Å². The van der Waals surface area contributed by atoms with E-state index in [1.165, 1.54) is 0 Å². The van der Waals surface area contributed by atoms with Gasteiger partial charge in [-0.15, -0.1) is 4.28 Å². The van der Waals surface area contributed by atoms with Crippen LogP contribution in [0.25, 0.3) is 0 Å². The zero-order valence-corrected chi connectivity index (χ0v) is 14.7. The zero-order chi connectivity index (χ0) is 18.9. The van der Waals surface area contributed by atoms with Crippen LogP contribution < -0.4 is 16.2 Å². The van der Waals surface area contributed by atoms with Crippen molar-refractivity contribution in [1.29, 1.82) is 0 Å². The highest BCUT2D eigenvalue weighted by Crippen LogP contribution is 2.30. The lowest BCUT2D eigenvalue weighted by molar-refractivity contribution is -0.132. The van der Waals surface area contributed by atoms with Crippen LogP contribution >= 0.6 is 0 Å². The van der Waals surface area contributed by atoms with Gasteiger partial charge in [-0.25, -0.2) is 4.79 Å². The van der Waals surface area contributed by atoms with Gasteiger partial charge in [0.15, 0.2) is 0 Å². The van der Waals surface area contributed by atoms with E-state index in [1.54, 1.807) is 0 Å². The van der Waals surface area contributed by atoms with Gasteiger partial charge in [-0.1, -0.05) is 0 Å². The fourth-order valence-electron chi connectivity index (χ4n) is 3.52. The highest BCUT2D eigenvalue weighted by molar-refractivity contribution is 7.80. The maximum atomic E-state index is 12.3. The van der Waals surface area contributed by atoms with Crippen molar-refractivity contribution >= 4 is 28.2 Å². The fourth-order valence-corrected chi connectivity index (χ4v) is 3.91. The first-order chi connectivity index (χ1) is 12.2. The van der Waals surface area contributed by atoms with Crippen molar-refractivity contribution in [3.8, 4) is 0 Å². The van der Waals surface area contributed by atoms with E-state index in [-0.39, 0.29) is 31.3 Å². The second-order valence-corrected chi connectivity index (χ2v) is 7.55. The Labute approximate surface area is 150 Å². The summed E-state index contributed by atoms with van der Waals surface area (Å²) in [6.45, 7) is 0.957. The molecule has 0 aromatic carbocycles. The molecule has 3 fully saturated rings. The summed E-state index contributed by atoms with van der Waals surface area (Å²) in [6.07, 6.45) is 2.74. The molecule has 4 N–H and O–H groups in total. The van der Waals surface area contributed by atoms with Crippen LogP contribution in [0.15, 0.2) is 0 Å². The Bertz CT molecular complexity index is 693. The number of hydrazine groups is 1. The topological polar surface area (TPSA) is 157 Å². The van der Waals surface area contributed by atoms with Crippen LogP contribution in [0.5, 0.6) is 0 Å². The number of fused-ring (bicyclic) bond motifs is 2. The molecule has 0 radical (unpaired) electrons. The molecule has 3 atom stereocenters. The van der Waals surface area contributed by atoms with Crippen molar-refractivity contribution < 1.29 is 31.6 Å². The van der Waals surface area contributed by atoms with Gasteiger partial charge in [-0.3, -0.25) is 25.0 Å². The van der Waals surface area contributed by atoms with Crippen molar-refractivity contribution in [3.05, 3.63) is 0 Å². The van der Waals surface area contributed by atoms with E-state index in [0.29, 0.717) is 11.5 Å². The largest absolute Gasteiger partial charge is 0.418 e. The van der Waals surface area contributed by atoms with Gasteiger partial charge in [0, 0.05) is 19.0 Å². The maximum Gasteiger partial charge on any atom is 0.418 e. The Kier molecular flexibility index (Phi) is 5.32. The summed E-state index contributed by atoms with van der Waals surface area (Å²) in [5.74, 6) is -0.909. The highest BCUT2D eigenvalue weighted by Gasteiger charge is 2.49. The van der Waals surface area contributed by atoms with Gasteiger partial charge in [0.25, 0.3) is 5.91 Å². The molecule has 4 amide bonds. The zero-order valence-electron chi connectivity index (χ0n) is 13.9. The average molecular weight is 391 g/mol. The third-order valence-corrected chi connectivity index (χ3v) is 5.07. The molecule has 3 heterocycles. The molecule has 3 rings (SSSR count). The average Bonchev–Trinajstić information content (AvgIpc) is 3.15. The monoisotopic (exact) mass is 391 g/mol. The van der Waals surface area contributed by atoms with E-state index in [2.05, 4.69) is 20.5 Å². The Hall–Kier alpha value is -1.96. The molecule has 0 spiro atoms. The Morgan fingerprint density at radius 2 is 2.04 bits per heavy atom. The van der Waals surface area contributed by atoms with Gasteiger partial charge in [0.1, 0.15) is 6.04 Å². The number of nitrogens with one attached hydrogen (secondary N) is 3. The first-order valence-electron chi connectivity index (χ1n) is 8.33. The molecule has 1 unspecified atom stereocenters. The number of piperidine rings is 1. The minimum absolute atomic E-state index is 0.0897.